The lowest BCUT2D eigenvalue weighted by Crippen LogP contribution is -2.31. The molecule has 0 aliphatic carbocycles. The Morgan fingerprint density at radius 1 is 1.15 bits per heavy atom. The number of carbonyl (C=O) groups excluding carboxylic acids is 1. The van der Waals surface area contributed by atoms with Crippen LogP contribution in [0.5, 0.6) is 17.2 Å². The Morgan fingerprint density at radius 3 is 2.56 bits per heavy atom. The van der Waals surface area contributed by atoms with Crippen molar-refractivity contribution in [1.82, 2.24) is 5.32 Å². The Morgan fingerprint density at radius 2 is 1.85 bits per heavy atom. The smallest absolute Gasteiger partial charge is 0.239 e. The van der Waals surface area contributed by atoms with Gasteiger partial charge in [-0.15, -0.1) is 0 Å². The van der Waals surface area contributed by atoms with Gasteiger partial charge in [-0.25, -0.2) is 0 Å². The predicted molar refractivity (Wildman–Crippen MR) is 105 cm³/mol. The number of methoxy groups -OCH3 is 1. The van der Waals surface area contributed by atoms with E-state index in [0.717, 1.165) is 24.2 Å². The summed E-state index contributed by atoms with van der Waals surface area (Å²) in [5.41, 5.74) is 1.78. The Bertz CT molecular complexity index is 780. The van der Waals surface area contributed by atoms with Crippen LogP contribution in [0.3, 0.4) is 0 Å². The van der Waals surface area contributed by atoms with Crippen LogP contribution >= 0.6 is 11.6 Å². The quantitative estimate of drug-likeness (QED) is 0.759. The average molecular weight is 391 g/mol. The largest absolute Gasteiger partial charge is 0.497 e. The van der Waals surface area contributed by atoms with Crippen LogP contribution in [0.4, 0.5) is 5.69 Å². The number of fused-ring (bicyclic) bond motifs is 1. The van der Waals surface area contributed by atoms with Crippen LogP contribution in [0.1, 0.15) is 12.0 Å². The van der Waals surface area contributed by atoms with E-state index in [4.69, 9.17) is 25.8 Å². The zero-order valence-corrected chi connectivity index (χ0v) is 16.0. The highest BCUT2D eigenvalue weighted by Crippen LogP contribution is 2.37. The molecule has 3 rings (SSSR count). The second kappa shape index (κ2) is 9.37. The van der Waals surface area contributed by atoms with Gasteiger partial charge in [0.2, 0.25) is 5.91 Å². The molecule has 1 heterocycles. The normalized spacial score (nSPS) is 12.8. The van der Waals surface area contributed by atoms with E-state index < -0.39 is 0 Å². The Balaban J connectivity index is 1.46. The molecule has 0 unspecified atom stereocenters. The zero-order valence-electron chi connectivity index (χ0n) is 15.2. The molecule has 2 aromatic rings. The first-order chi connectivity index (χ1) is 13.2. The van der Waals surface area contributed by atoms with Crippen molar-refractivity contribution < 1.29 is 19.0 Å². The Kier molecular flexibility index (Phi) is 6.65. The van der Waals surface area contributed by atoms with Crippen LogP contribution in [-0.2, 0) is 11.2 Å². The van der Waals surface area contributed by atoms with Crippen molar-refractivity contribution in [2.75, 3.05) is 38.7 Å². The van der Waals surface area contributed by atoms with Crippen molar-refractivity contribution in [3.05, 3.63) is 47.0 Å². The standard InChI is InChI=1S/C20H23ClN2O4/c1-25-15-5-3-14(4-6-15)7-8-22-20(24)13-23-17-12-19-18(11-16(17)21)26-9-2-10-27-19/h3-6,11-12,23H,2,7-10,13H2,1H3,(H,22,24). The minimum atomic E-state index is -0.105. The summed E-state index contributed by atoms with van der Waals surface area (Å²) < 4.78 is 16.4. The SMILES string of the molecule is COc1ccc(CCNC(=O)CNc2cc3c(cc2Cl)OCCCO3)cc1. The molecule has 6 nitrogen and oxygen atoms in total. The van der Waals surface area contributed by atoms with Crippen molar-refractivity contribution in [1.29, 1.82) is 0 Å². The molecule has 0 saturated carbocycles. The summed E-state index contributed by atoms with van der Waals surface area (Å²) in [5, 5.41) is 6.43. The minimum Gasteiger partial charge on any atom is -0.497 e. The zero-order chi connectivity index (χ0) is 19.1. The summed E-state index contributed by atoms with van der Waals surface area (Å²) in [6, 6.07) is 11.3. The lowest BCUT2D eigenvalue weighted by atomic mass is 10.1. The molecule has 27 heavy (non-hydrogen) atoms. The number of rotatable bonds is 7. The molecule has 1 amide bonds. The molecule has 2 aromatic carbocycles. The molecule has 0 atom stereocenters. The van der Waals surface area contributed by atoms with Gasteiger partial charge >= 0.3 is 0 Å². The second-order valence-corrected chi connectivity index (χ2v) is 6.54. The first-order valence-corrected chi connectivity index (χ1v) is 9.26. The highest BCUT2D eigenvalue weighted by molar-refractivity contribution is 6.33. The van der Waals surface area contributed by atoms with E-state index in [1.807, 2.05) is 24.3 Å². The van der Waals surface area contributed by atoms with Gasteiger partial charge in [-0.05, 0) is 24.1 Å². The van der Waals surface area contributed by atoms with Crippen LogP contribution in [0.2, 0.25) is 5.02 Å². The molecule has 0 spiro atoms. The molecule has 0 saturated heterocycles. The first kappa shape index (κ1) is 19.2. The molecule has 0 aromatic heterocycles. The molecule has 1 aliphatic heterocycles. The molecule has 7 heteroatoms. The van der Waals surface area contributed by atoms with Gasteiger partial charge in [0, 0.05) is 25.1 Å². The average Bonchev–Trinajstić information content (AvgIpc) is 2.91. The molecule has 2 N–H and O–H groups in total. The number of carbonyl (C=O) groups is 1. The third-order valence-electron chi connectivity index (χ3n) is 4.17. The van der Waals surface area contributed by atoms with E-state index in [2.05, 4.69) is 10.6 Å². The summed E-state index contributed by atoms with van der Waals surface area (Å²) in [5.74, 6) is 1.98. The maximum atomic E-state index is 12.1. The summed E-state index contributed by atoms with van der Waals surface area (Å²) in [7, 11) is 1.64. The van der Waals surface area contributed by atoms with Gasteiger partial charge in [-0.3, -0.25) is 4.79 Å². The molecule has 0 fully saturated rings. The van der Waals surface area contributed by atoms with Gasteiger partial charge < -0.3 is 24.8 Å². The number of hydrogen-bond donors (Lipinski definition) is 2. The maximum Gasteiger partial charge on any atom is 0.239 e. The van der Waals surface area contributed by atoms with E-state index in [0.29, 0.717) is 42.0 Å². The van der Waals surface area contributed by atoms with E-state index in [1.54, 1.807) is 19.2 Å². The van der Waals surface area contributed by atoms with Crippen LogP contribution in [0.25, 0.3) is 0 Å². The van der Waals surface area contributed by atoms with Gasteiger partial charge in [-0.2, -0.15) is 0 Å². The van der Waals surface area contributed by atoms with Crippen LogP contribution < -0.4 is 24.8 Å². The molecule has 0 bridgehead atoms. The van der Waals surface area contributed by atoms with Gasteiger partial charge in [0.05, 0.1) is 37.6 Å². The van der Waals surface area contributed by atoms with Crippen molar-refractivity contribution >= 4 is 23.2 Å². The maximum absolute atomic E-state index is 12.1. The molecular formula is C20H23ClN2O4. The number of ether oxygens (including phenoxy) is 3. The summed E-state index contributed by atoms with van der Waals surface area (Å²) in [6.45, 7) is 1.89. The number of halogens is 1. The van der Waals surface area contributed by atoms with E-state index in [1.165, 1.54) is 0 Å². The fourth-order valence-electron chi connectivity index (χ4n) is 2.70. The Hall–Kier alpha value is -2.60. The molecule has 1 aliphatic rings. The number of benzene rings is 2. The molecular weight excluding hydrogens is 368 g/mol. The summed E-state index contributed by atoms with van der Waals surface area (Å²) >= 11 is 6.27. The fraction of sp³-hybridized carbons (Fsp3) is 0.350. The Labute approximate surface area is 163 Å². The summed E-state index contributed by atoms with van der Waals surface area (Å²) in [4.78, 5) is 12.1. The lowest BCUT2D eigenvalue weighted by molar-refractivity contribution is -0.119. The highest BCUT2D eigenvalue weighted by Gasteiger charge is 2.14. The van der Waals surface area contributed by atoms with Gasteiger partial charge in [0.25, 0.3) is 0 Å². The topological polar surface area (TPSA) is 68.8 Å². The highest BCUT2D eigenvalue weighted by atomic mass is 35.5. The van der Waals surface area contributed by atoms with E-state index in [9.17, 15) is 4.79 Å². The third kappa shape index (κ3) is 5.44. The van der Waals surface area contributed by atoms with Crippen molar-refractivity contribution in [2.24, 2.45) is 0 Å². The fourth-order valence-corrected chi connectivity index (χ4v) is 2.92. The number of nitrogens with one attached hydrogen (secondary N) is 2. The molecule has 144 valence electrons. The van der Waals surface area contributed by atoms with Gasteiger partial charge in [-0.1, -0.05) is 23.7 Å². The van der Waals surface area contributed by atoms with E-state index in [-0.39, 0.29) is 12.5 Å². The van der Waals surface area contributed by atoms with E-state index >= 15 is 0 Å². The molecule has 0 radical (unpaired) electrons. The van der Waals surface area contributed by atoms with Crippen molar-refractivity contribution in [3.63, 3.8) is 0 Å². The monoisotopic (exact) mass is 390 g/mol. The van der Waals surface area contributed by atoms with Crippen LogP contribution in [0.15, 0.2) is 36.4 Å². The van der Waals surface area contributed by atoms with Gasteiger partial charge in [0.1, 0.15) is 5.75 Å². The third-order valence-corrected chi connectivity index (χ3v) is 4.48. The minimum absolute atomic E-state index is 0.105. The van der Waals surface area contributed by atoms with Crippen molar-refractivity contribution in [2.45, 2.75) is 12.8 Å². The predicted octanol–water partition coefficient (Wildman–Crippen LogP) is 3.28. The van der Waals surface area contributed by atoms with Crippen LogP contribution in [-0.4, -0.2) is 39.3 Å². The van der Waals surface area contributed by atoms with Crippen molar-refractivity contribution in [3.8, 4) is 17.2 Å². The second-order valence-electron chi connectivity index (χ2n) is 6.13. The summed E-state index contributed by atoms with van der Waals surface area (Å²) in [6.07, 6.45) is 1.58. The number of amides is 1. The number of anilines is 1. The van der Waals surface area contributed by atoms with Crippen LogP contribution in [0, 0.1) is 0 Å². The number of hydrogen-bond acceptors (Lipinski definition) is 5. The van der Waals surface area contributed by atoms with Gasteiger partial charge in [0.15, 0.2) is 11.5 Å². The lowest BCUT2D eigenvalue weighted by Gasteiger charge is -2.13. The first-order valence-electron chi connectivity index (χ1n) is 8.88.